The first-order valence-electron chi connectivity index (χ1n) is 8.94. The van der Waals surface area contributed by atoms with Gasteiger partial charge in [-0.2, -0.15) is 0 Å². The van der Waals surface area contributed by atoms with E-state index in [-0.39, 0.29) is 5.82 Å². The summed E-state index contributed by atoms with van der Waals surface area (Å²) in [4.78, 5) is 8.61. The first kappa shape index (κ1) is 20.9. The zero-order valence-corrected chi connectivity index (χ0v) is 15.8. The van der Waals surface area contributed by atoms with Crippen LogP contribution in [0.3, 0.4) is 0 Å². The van der Waals surface area contributed by atoms with Crippen LogP contribution in [0, 0.1) is 5.82 Å². The van der Waals surface area contributed by atoms with Crippen molar-refractivity contribution in [2.75, 3.05) is 47.1 Å². The van der Waals surface area contributed by atoms with Gasteiger partial charge in [-0.05, 0) is 30.7 Å². The monoisotopic (exact) mass is 378 g/mol. The van der Waals surface area contributed by atoms with Gasteiger partial charge in [0.1, 0.15) is 12.1 Å². The number of methoxy groups -OCH3 is 1. The molecule has 0 spiro atoms. The second-order valence-corrected chi connectivity index (χ2v) is 5.79. The molecule has 0 atom stereocenters. The summed E-state index contributed by atoms with van der Waals surface area (Å²) >= 11 is 0. The van der Waals surface area contributed by atoms with Crippen LogP contribution in [-0.2, 0) is 15.9 Å². The van der Waals surface area contributed by atoms with E-state index in [2.05, 4.69) is 20.6 Å². The molecular formula is C19H27FN4O3. The molecule has 148 valence electrons. The molecule has 0 saturated heterocycles. The molecule has 1 aromatic heterocycles. The van der Waals surface area contributed by atoms with Crippen LogP contribution in [0.15, 0.2) is 39.9 Å². The SMILES string of the molecule is CN=C(NCCCOCCOC)NCCc1coc(-c2ccc(F)cc2)n1. The molecule has 0 amide bonds. The molecule has 0 aliphatic carbocycles. The summed E-state index contributed by atoms with van der Waals surface area (Å²) in [5, 5.41) is 6.46. The fourth-order valence-electron chi connectivity index (χ4n) is 2.30. The van der Waals surface area contributed by atoms with Crippen molar-refractivity contribution < 1.29 is 18.3 Å². The van der Waals surface area contributed by atoms with Gasteiger partial charge in [0.05, 0.1) is 18.9 Å². The molecule has 0 fully saturated rings. The number of oxazole rings is 1. The summed E-state index contributed by atoms with van der Waals surface area (Å²) in [6.07, 6.45) is 3.19. The van der Waals surface area contributed by atoms with E-state index in [0.717, 1.165) is 30.2 Å². The highest BCUT2D eigenvalue weighted by molar-refractivity contribution is 5.79. The van der Waals surface area contributed by atoms with Crippen LogP contribution in [-0.4, -0.2) is 58.0 Å². The highest BCUT2D eigenvalue weighted by atomic mass is 19.1. The van der Waals surface area contributed by atoms with Crippen molar-refractivity contribution in [2.45, 2.75) is 12.8 Å². The topological polar surface area (TPSA) is 80.9 Å². The average Bonchev–Trinajstić information content (AvgIpc) is 3.15. The number of rotatable bonds is 11. The summed E-state index contributed by atoms with van der Waals surface area (Å²) in [6, 6.07) is 6.07. The van der Waals surface area contributed by atoms with E-state index >= 15 is 0 Å². The Labute approximate surface area is 159 Å². The van der Waals surface area contributed by atoms with Crippen molar-refractivity contribution in [3.8, 4) is 11.5 Å². The smallest absolute Gasteiger partial charge is 0.226 e. The molecule has 0 unspecified atom stereocenters. The maximum Gasteiger partial charge on any atom is 0.226 e. The van der Waals surface area contributed by atoms with Gasteiger partial charge in [-0.25, -0.2) is 9.37 Å². The van der Waals surface area contributed by atoms with E-state index in [1.54, 1.807) is 32.6 Å². The molecule has 0 radical (unpaired) electrons. The largest absolute Gasteiger partial charge is 0.444 e. The highest BCUT2D eigenvalue weighted by Gasteiger charge is 2.07. The van der Waals surface area contributed by atoms with Crippen LogP contribution in [0.4, 0.5) is 4.39 Å². The number of nitrogens with zero attached hydrogens (tertiary/aromatic N) is 2. The minimum atomic E-state index is -0.282. The molecule has 2 aromatic rings. The molecule has 8 heteroatoms. The van der Waals surface area contributed by atoms with Crippen molar-refractivity contribution in [2.24, 2.45) is 4.99 Å². The van der Waals surface area contributed by atoms with Crippen molar-refractivity contribution in [3.63, 3.8) is 0 Å². The van der Waals surface area contributed by atoms with E-state index < -0.39 is 0 Å². The number of hydrogen-bond donors (Lipinski definition) is 2. The number of aromatic nitrogens is 1. The Morgan fingerprint density at radius 2 is 1.93 bits per heavy atom. The van der Waals surface area contributed by atoms with Gasteiger partial charge in [0.2, 0.25) is 5.89 Å². The average molecular weight is 378 g/mol. The van der Waals surface area contributed by atoms with Gasteiger partial charge in [0.15, 0.2) is 5.96 Å². The Hall–Kier alpha value is -2.45. The Bertz CT molecular complexity index is 689. The number of guanidine groups is 1. The van der Waals surface area contributed by atoms with Crippen molar-refractivity contribution >= 4 is 5.96 Å². The molecule has 2 N–H and O–H groups in total. The second-order valence-electron chi connectivity index (χ2n) is 5.79. The van der Waals surface area contributed by atoms with Crippen LogP contribution < -0.4 is 10.6 Å². The normalized spacial score (nSPS) is 11.6. The third kappa shape index (κ3) is 7.76. The van der Waals surface area contributed by atoms with E-state index in [1.807, 2.05) is 0 Å². The molecular weight excluding hydrogens is 351 g/mol. The molecule has 1 aromatic carbocycles. The Balaban J connectivity index is 1.65. The van der Waals surface area contributed by atoms with Gasteiger partial charge < -0.3 is 24.5 Å². The van der Waals surface area contributed by atoms with Gasteiger partial charge in [-0.3, -0.25) is 4.99 Å². The predicted octanol–water partition coefficient (Wildman–Crippen LogP) is 2.24. The fourth-order valence-corrected chi connectivity index (χ4v) is 2.30. The first-order chi connectivity index (χ1) is 13.2. The fraction of sp³-hybridized carbons (Fsp3) is 0.474. The zero-order chi connectivity index (χ0) is 19.3. The third-order valence-corrected chi connectivity index (χ3v) is 3.73. The molecule has 2 rings (SSSR count). The van der Waals surface area contributed by atoms with Gasteiger partial charge in [-0.1, -0.05) is 0 Å². The summed E-state index contributed by atoms with van der Waals surface area (Å²) in [5.74, 6) is 0.935. The van der Waals surface area contributed by atoms with Crippen molar-refractivity contribution in [1.29, 1.82) is 0 Å². The van der Waals surface area contributed by atoms with E-state index in [1.165, 1.54) is 12.1 Å². The molecule has 0 aliphatic rings. The molecule has 27 heavy (non-hydrogen) atoms. The molecule has 7 nitrogen and oxygen atoms in total. The number of hydrogen-bond acceptors (Lipinski definition) is 5. The molecule has 0 saturated carbocycles. The maximum absolute atomic E-state index is 13.0. The minimum absolute atomic E-state index is 0.282. The van der Waals surface area contributed by atoms with Crippen LogP contribution in [0.2, 0.25) is 0 Å². The van der Waals surface area contributed by atoms with Gasteiger partial charge in [0, 0.05) is 45.8 Å². The molecule has 0 bridgehead atoms. The standard InChI is InChI=1S/C19H27FN4O3/c1-21-19(22-9-3-11-26-13-12-25-2)23-10-8-17-14-27-18(24-17)15-4-6-16(20)7-5-15/h4-7,14H,3,8-13H2,1-2H3,(H2,21,22,23). The summed E-state index contributed by atoms with van der Waals surface area (Å²) in [6.45, 7) is 3.34. The lowest BCUT2D eigenvalue weighted by atomic mass is 10.2. The number of halogens is 1. The highest BCUT2D eigenvalue weighted by Crippen LogP contribution is 2.18. The lowest BCUT2D eigenvalue weighted by Crippen LogP contribution is -2.39. The lowest BCUT2D eigenvalue weighted by molar-refractivity contribution is 0.0698. The van der Waals surface area contributed by atoms with Gasteiger partial charge in [0.25, 0.3) is 0 Å². The van der Waals surface area contributed by atoms with Gasteiger partial charge in [-0.15, -0.1) is 0 Å². The van der Waals surface area contributed by atoms with E-state index in [4.69, 9.17) is 13.9 Å². The zero-order valence-electron chi connectivity index (χ0n) is 15.8. The summed E-state index contributed by atoms with van der Waals surface area (Å²) in [5.41, 5.74) is 1.57. The summed E-state index contributed by atoms with van der Waals surface area (Å²) < 4.78 is 28.8. The maximum atomic E-state index is 13.0. The third-order valence-electron chi connectivity index (χ3n) is 3.73. The minimum Gasteiger partial charge on any atom is -0.444 e. The van der Waals surface area contributed by atoms with Crippen LogP contribution in [0.5, 0.6) is 0 Å². The van der Waals surface area contributed by atoms with E-state index in [0.29, 0.717) is 38.7 Å². The molecule has 0 aliphatic heterocycles. The Morgan fingerprint density at radius 1 is 1.15 bits per heavy atom. The number of aliphatic imine (C=N–C) groups is 1. The number of nitrogens with one attached hydrogen (secondary N) is 2. The van der Waals surface area contributed by atoms with Crippen molar-refractivity contribution in [1.82, 2.24) is 15.6 Å². The van der Waals surface area contributed by atoms with Crippen LogP contribution in [0.1, 0.15) is 12.1 Å². The van der Waals surface area contributed by atoms with Crippen LogP contribution >= 0.6 is 0 Å². The van der Waals surface area contributed by atoms with Crippen LogP contribution in [0.25, 0.3) is 11.5 Å². The number of ether oxygens (including phenoxy) is 2. The predicted molar refractivity (Wildman–Crippen MR) is 102 cm³/mol. The Morgan fingerprint density at radius 3 is 2.67 bits per heavy atom. The van der Waals surface area contributed by atoms with E-state index in [9.17, 15) is 4.39 Å². The summed E-state index contributed by atoms with van der Waals surface area (Å²) in [7, 11) is 3.39. The second kappa shape index (κ2) is 12.0. The lowest BCUT2D eigenvalue weighted by Gasteiger charge is -2.11. The van der Waals surface area contributed by atoms with Gasteiger partial charge >= 0.3 is 0 Å². The van der Waals surface area contributed by atoms with Crippen molar-refractivity contribution in [3.05, 3.63) is 42.0 Å². The first-order valence-corrected chi connectivity index (χ1v) is 8.94. The Kier molecular flexibility index (Phi) is 9.29. The quantitative estimate of drug-likeness (QED) is 0.355. The number of benzene rings is 1. The molecule has 1 heterocycles.